The Morgan fingerprint density at radius 2 is 2.24 bits per heavy atom. The van der Waals surface area contributed by atoms with Crippen LogP contribution in [0.5, 0.6) is 0 Å². The first-order chi connectivity index (χ1) is 9.93. The van der Waals surface area contributed by atoms with E-state index in [1.54, 1.807) is 4.31 Å². The van der Waals surface area contributed by atoms with Crippen LogP contribution in [0.2, 0.25) is 0 Å². The number of nitrogens with zero attached hydrogens (tertiary/aromatic N) is 3. The maximum Gasteiger partial charge on any atom is 0.211 e. The fourth-order valence-corrected chi connectivity index (χ4v) is 3.90. The second-order valence-electron chi connectivity index (χ2n) is 5.77. The Morgan fingerprint density at radius 1 is 1.43 bits per heavy atom. The summed E-state index contributed by atoms with van der Waals surface area (Å²) >= 11 is 0. The van der Waals surface area contributed by atoms with Crippen molar-refractivity contribution in [3.63, 3.8) is 0 Å². The standard InChI is InChI=1S/C14H20N4O2S/c1-21(19,20)17-6-2-3-11(9-17)10-18-14-7-13(15)5-4-12(14)8-16-18/h4-5,7-8,11H,2-3,6,9-10,15H2,1H3. The van der Waals surface area contributed by atoms with Gasteiger partial charge in [-0.05, 0) is 37.0 Å². The molecule has 0 amide bonds. The van der Waals surface area contributed by atoms with Crippen molar-refractivity contribution < 1.29 is 8.42 Å². The number of sulfonamides is 1. The fourth-order valence-electron chi connectivity index (χ4n) is 2.95. The zero-order chi connectivity index (χ0) is 15.0. The van der Waals surface area contributed by atoms with Gasteiger partial charge in [0.05, 0.1) is 18.0 Å². The van der Waals surface area contributed by atoms with Crippen LogP contribution in [0.4, 0.5) is 5.69 Å². The fraction of sp³-hybridized carbons (Fsp3) is 0.500. The van der Waals surface area contributed by atoms with Crippen molar-refractivity contribution >= 4 is 26.6 Å². The number of anilines is 1. The third-order valence-corrected chi connectivity index (χ3v) is 5.32. The zero-order valence-electron chi connectivity index (χ0n) is 12.1. The number of nitrogen functional groups attached to an aromatic ring is 1. The van der Waals surface area contributed by atoms with Crippen LogP contribution < -0.4 is 5.73 Å². The highest BCUT2D eigenvalue weighted by Gasteiger charge is 2.26. The van der Waals surface area contributed by atoms with Crippen molar-refractivity contribution in [3.8, 4) is 0 Å². The average Bonchev–Trinajstić information content (AvgIpc) is 2.81. The Balaban J connectivity index is 1.80. The minimum Gasteiger partial charge on any atom is -0.399 e. The summed E-state index contributed by atoms with van der Waals surface area (Å²) < 4.78 is 26.9. The van der Waals surface area contributed by atoms with Gasteiger partial charge in [-0.25, -0.2) is 12.7 Å². The van der Waals surface area contributed by atoms with Gasteiger partial charge in [-0.2, -0.15) is 5.10 Å². The number of benzene rings is 1. The summed E-state index contributed by atoms with van der Waals surface area (Å²) in [5, 5.41) is 5.47. The van der Waals surface area contributed by atoms with Crippen molar-refractivity contribution in [1.29, 1.82) is 0 Å². The Kier molecular flexibility index (Phi) is 3.62. The highest BCUT2D eigenvalue weighted by Crippen LogP contribution is 2.23. The van der Waals surface area contributed by atoms with E-state index < -0.39 is 10.0 Å². The normalized spacial score (nSPS) is 20.9. The first-order valence-electron chi connectivity index (χ1n) is 7.09. The molecule has 1 atom stereocenters. The molecule has 2 heterocycles. The van der Waals surface area contributed by atoms with E-state index >= 15 is 0 Å². The first kappa shape index (κ1) is 14.3. The van der Waals surface area contributed by atoms with Crippen molar-refractivity contribution in [2.24, 2.45) is 5.92 Å². The van der Waals surface area contributed by atoms with E-state index in [0.29, 0.717) is 18.8 Å². The van der Waals surface area contributed by atoms with E-state index in [0.717, 1.165) is 30.3 Å². The van der Waals surface area contributed by atoms with Crippen LogP contribution in [0.1, 0.15) is 12.8 Å². The summed E-state index contributed by atoms with van der Waals surface area (Å²) in [6, 6.07) is 5.73. The molecule has 1 unspecified atom stereocenters. The monoisotopic (exact) mass is 308 g/mol. The van der Waals surface area contributed by atoms with E-state index in [2.05, 4.69) is 5.10 Å². The largest absolute Gasteiger partial charge is 0.399 e. The number of nitrogens with two attached hydrogens (primary N) is 1. The van der Waals surface area contributed by atoms with Gasteiger partial charge in [-0.15, -0.1) is 0 Å². The molecule has 1 fully saturated rings. The topological polar surface area (TPSA) is 81.2 Å². The number of hydrogen-bond acceptors (Lipinski definition) is 4. The molecule has 1 aliphatic heterocycles. The minimum absolute atomic E-state index is 0.290. The van der Waals surface area contributed by atoms with Crippen molar-refractivity contribution in [2.75, 3.05) is 25.1 Å². The van der Waals surface area contributed by atoms with Gasteiger partial charge in [-0.1, -0.05) is 0 Å². The minimum atomic E-state index is -3.10. The Morgan fingerprint density at radius 3 is 3.00 bits per heavy atom. The molecule has 6 nitrogen and oxygen atoms in total. The summed E-state index contributed by atoms with van der Waals surface area (Å²) in [4.78, 5) is 0. The molecule has 1 aliphatic rings. The van der Waals surface area contributed by atoms with E-state index in [4.69, 9.17) is 5.73 Å². The predicted molar refractivity (Wildman–Crippen MR) is 83.3 cm³/mol. The van der Waals surface area contributed by atoms with Crippen LogP contribution in [0.25, 0.3) is 10.9 Å². The molecule has 21 heavy (non-hydrogen) atoms. The van der Waals surface area contributed by atoms with E-state index in [9.17, 15) is 8.42 Å². The lowest BCUT2D eigenvalue weighted by molar-refractivity contribution is 0.242. The highest BCUT2D eigenvalue weighted by molar-refractivity contribution is 7.88. The Bertz CT molecular complexity index is 753. The molecule has 0 saturated carbocycles. The van der Waals surface area contributed by atoms with Crippen LogP contribution in [0.15, 0.2) is 24.4 Å². The number of fused-ring (bicyclic) bond motifs is 1. The lowest BCUT2D eigenvalue weighted by Crippen LogP contribution is -2.40. The molecule has 1 aromatic carbocycles. The SMILES string of the molecule is CS(=O)(=O)N1CCCC(Cn2ncc3ccc(N)cc32)C1. The van der Waals surface area contributed by atoms with Crippen LogP contribution in [0.3, 0.4) is 0 Å². The molecule has 7 heteroatoms. The molecule has 1 saturated heterocycles. The smallest absolute Gasteiger partial charge is 0.211 e. The van der Waals surface area contributed by atoms with Crippen molar-refractivity contribution in [1.82, 2.24) is 14.1 Å². The van der Waals surface area contributed by atoms with Crippen molar-refractivity contribution in [3.05, 3.63) is 24.4 Å². The van der Waals surface area contributed by atoms with Gasteiger partial charge in [0.1, 0.15) is 0 Å². The number of hydrogen-bond donors (Lipinski definition) is 1. The quantitative estimate of drug-likeness (QED) is 0.866. The van der Waals surface area contributed by atoms with Gasteiger partial charge in [-0.3, -0.25) is 4.68 Å². The zero-order valence-corrected chi connectivity index (χ0v) is 12.9. The number of rotatable bonds is 3. The van der Waals surface area contributed by atoms with Gasteiger partial charge in [0.2, 0.25) is 10.0 Å². The van der Waals surface area contributed by atoms with Gasteiger partial charge < -0.3 is 5.73 Å². The molecule has 2 aromatic rings. The predicted octanol–water partition coefficient (Wildman–Crippen LogP) is 1.29. The molecule has 0 spiro atoms. The summed E-state index contributed by atoms with van der Waals surface area (Å²) in [6.07, 6.45) is 5.03. The lowest BCUT2D eigenvalue weighted by atomic mass is 10.00. The van der Waals surface area contributed by atoms with E-state index in [1.807, 2.05) is 29.1 Å². The molecular formula is C14H20N4O2S. The van der Waals surface area contributed by atoms with Crippen molar-refractivity contribution in [2.45, 2.75) is 19.4 Å². The summed E-state index contributed by atoms with van der Waals surface area (Å²) in [6.45, 7) is 1.92. The highest BCUT2D eigenvalue weighted by atomic mass is 32.2. The molecule has 0 aliphatic carbocycles. The summed E-state index contributed by atoms with van der Waals surface area (Å²) in [5.74, 6) is 0.290. The van der Waals surface area contributed by atoms with Gasteiger partial charge in [0.15, 0.2) is 0 Å². The van der Waals surface area contributed by atoms with Gasteiger partial charge in [0.25, 0.3) is 0 Å². The van der Waals surface area contributed by atoms with E-state index in [1.165, 1.54) is 6.26 Å². The average molecular weight is 308 g/mol. The molecule has 0 radical (unpaired) electrons. The molecular weight excluding hydrogens is 288 g/mol. The lowest BCUT2D eigenvalue weighted by Gasteiger charge is -2.30. The third-order valence-electron chi connectivity index (χ3n) is 4.05. The Labute approximate surface area is 124 Å². The van der Waals surface area contributed by atoms with E-state index in [-0.39, 0.29) is 5.92 Å². The van der Waals surface area contributed by atoms with Gasteiger partial charge >= 0.3 is 0 Å². The first-order valence-corrected chi connectivity index (χ1v) is 8.94. The molecule has 3 rings (SSSR count). The van der Waals surface area contributed by atoms with Crippen LogP contribution >= 0.6 is 0 Å². The molecule has 0 bridgehead atoms. The van der Waals surface area contributed by atoms with Crippen LogP contribution in [-0.4, -0.2) is 41.8 Å². The molecule has 114 valence electrons. The van der Waals surface area contributed by atoms with Gasteiger partial charge in [0, 0.05) is 30.7 Å². The summed E-state index contributed by atoms with van der Waals surface area (Å²) in [7, 11) is -3.10. The number of aromatic nitrogens is 2. The molecule has 1 aromatic heterocycles. The maximum atomic E-state index is 11.7. The molecule has 2 N–H and O–H groups in total. The third kappa shape index (κ3) is 3.03. The Hall–Kier alpha value is -1.60. The number of piperidine rings is 1. The second-order valence-corrected chi connectivity index (χ2v) is 7.76. The second kappa shape index (κ2) is 5.31. The summed E-state index contributed by atoms with van der Waals surface area (Å²) in [5.41, 5.74) is 7.56. The maximum absolute atomic E-state index is 11.7. The van der Waals surface area contributed by atoms with Crippen LogP contribution in [0, 0.1) is 5.92 Å². The van der Waals surface area contributed by atoms with Crippen LogP contribution in [-0.2, 0) is 16.6 Å².